The minimum Gasteiger partial charge on any atom is -0.293 e. The Bertz CT molecular complexity index is 472. The molecule has 0 N–H and O–H groups in total. The number of hydrogen-bond donors (Lipinski definition) is 0. The summed E-state index contributed by atoms with van der Waals surface area (Å²) < 4.78 is 0. The van der Waals surface area contributed by atoms with Crippen LogP contribution in [0.15, 0.2) is 18.2 Å². The summed E-state index contributed by atoms with van der Waals surface area (Å²) in [4.78, 5) is 22.2. The fraction of sp³-hybridized carbons (Fsp3) is 0.364. The van der Waals surface area contributed by atoms with E-state index < -0.39 is 4.92 Å². The molecule has 1 unspecified atom stereocenters. The van der Waals surface area contributed by atoms with E-state index in [0.29, 0.717) is 5.56 Å². The van der Waals surface area contributed by atoms with Crippen molar-refractivity contribution in [1.82, 2.24) is 0 Å². The lowest BCUT2D eigenvalue weighted by atomic mass is 10.0. The molecule has 1 fully saturated rings. The van der Waals surface area contributed by atoms with E-state index in [9.17, 15) is 14.9 Å². The number of nitro groups is 1. The standard InChI is InChI=1S/C11H10ClNO3S/c12-8-4-7(5-9(6-8)13(15)16)11(14)10-2-1-3-17-10/h4-6,10H,1-3H2. The van der Waals surface area contributed by atoms with E-state index in [2.05, 4.69) is 0 Å². The molecular weight excluding hydrogens is 262 g/mol. The van der Waals surface area contributed by atoms with Crippen LogP contribution in [0, 0.1) is 10.1 Å². The topological polar surface area (TPSA) is 60.2 Å². The number of non-ortho nitro benzene ring substituents is 1. The number of ketones is 1. The molecule has 0 saturated carbocycles. The highest BCUT2D eigenvalue weighted by molar-refractivity contribution is 8.00. The molecule has 1 aliphatic heterocycles. The SMILES string of the molecule is O=C(c1cc(Cl)cc([N+](=O)[O-])c1)C1CCCS1. The fourth-order valence-corrected chi connectivity index (χ4v) is 3.26. The smallest absolute Gasteiger partial charge is 0.271 e. The van der Waals surface area contributed by atoms with Crippen molar-refractivity contribution in [3.8, 4) is 0 Å². The van der Waals surface area contributed by atoms with Crippen LogP contribution in [-0.2, 0) is 0 Å². The molecule has 1 saturated heterocycles. The first-order chi connectivity index (χ1) is 8.08. The van der Waals surface area contributed by atoms with Crippen molar-refractivity contribution < 1.29 is 9.72 Å². The number of benzene rings is 1. The Labute approximate surface area is 107 Å². The number of Topliss-reactive ketones (excluding diaryl/α,β-unsaturated/α-hetero) is 1. The summed E-state index contributed by atoms with van der Waals surface area (Å²) in [7, 11) is 0. The summed E-state index contributed by atoms with van der Waals surface area (Å²) >= 11 is 7.38. The van der Waals surface area contributed by atoms with Crippen LogP contribution in [0.2, 0.25) is 5.02 Å². The van der Waals surface area contributed by atoms with Crippen LogP contribution in [0.5, 0.6) is 0 Å². The number of thioether (sulfide) groups is 1. The number of halogens is 1. The van der Waals surface area contributed by atoms with Gasteiger partial charge in [0.1, 0.15) is 0 Å². The summed E-state index contributed by atoms with van der Waals surface area (Å²) in [5.41, 5.74) is 0.201. The van der Waals surface area contributed by atoms with E-state index in [1.54, 1.807) is 11.8 Å². The maximum Gasteiger partial charge on any atom is 0.271 e. The van der Waals surface area contributed by atoms with Crippen LogP contribution in [0.3, 0.4) is 0 Å². The Kier molecular flexibility index (Phi) is 3.69. The summed E-state index contributed by atoms with van der Waals surface area (Å²) in [6.45, 7) is 0. The molecule has 0 amide bonds. The van der Waals surface area contributed by atoms with E-state index >= 15 is 0 Å². The highest BCUT2D eigenvalue weighted by Crippen LogP contribution is 2.31. The van der Waals surface area contributed by atoms with Crippen LogP contribution < -0.4 is 0 Å². The Morgan fingerprint density at radius 1 is 1.47 bits per heavy atom. The molecule has 2 rings (SSSR count). The summed E-state index contributed by atoms with van der Waals surface area (Å²) in [6, 6.07) is 4.04. The van der Waals surface area contributed by atoms with Crippen LogP contribution in [0.1, 0.15) is 23.2 Å². The van der Waals surface area contributed by atoms with E-state index in [-0.39, 0.29) is 21.7 Å². The molecule has 4 nitrogen and oxygen atoms in total. The van der Waals surface area contributed by atoms with Gasteiger partial charge in [0.2, 0.25) is 0 Å². The second-order valence-corrected chi connectivity index (χ2v) is 5.57. The average Bonchev–Trinajstić information content (AvgIpc) is 2.80. The van der Waals surface area contributed by atoms with Gasteiger partial charge in [0.15, 0.2) is 5.78 Å². The highest BCUT2D eigenvalue weighted by Gasteiger charge is 2.26. The lowest BCUT2D eigenvalue weighted by Crippen LogP contribution is -2.14. The normalized spacial score (nSPS) is 19.2. The third kappa shape index (κ3) is 2.79. The van der Waals surface area contributed by atoms with Crippen LogP contribution in [-0.4, -0.2) is 21.7 Å². The van der Waals surface area contributed by atoms with Gasteiger partial charge in [-0.25, -0.2) is 0 Å². The molecule has 90 valence electrons. The van der Waals surface area contributed by atoms with Crippen molar-refractivity contribution in [2.45, 2.75) is 18.1 Å². The predicted molar refractivity (Wildman–Crippen MR) is 67.9 cm³/mol. The molecule has 6 heteroatoms. The number of rotatable bonds is 3. The molecule has 1 atom stereocenters. The molecule has 0 spiro atoms. The predicted octanol–water partition coefficient (Wildman–Crippen LogP) is 3.33. The number of carbonyl (C=O) groups is 1. The molecule has 1 aliphatic rings. The van der Waals surface area contributed by atoms with Crippen molar-refractivity contribution >= 4 is 34.8 Å². The van der Waals surface area contributed by atoms with Gasteiger partial charge in [-0.3, -0.25) is 14.9 Å². The number of nitro benzene ring substituents is 1. The Morgan fingerprint density at radius 3 is 2.82 bits per heavy atom. The average molecular weight is 272 g/mol. The minimum absolute atomic E-state index is 0.0573. The lowest BCUT2D eigenvalue weighted by molar-refractivity contribution is -0.384. The Hall–Kier alpha value is -1.07. The van der Waals surface area contributed by atoms with Gasteiger partial charge in [-0.1, -0.05) is 11.6 Å². The van der Waals surface area contributed by atoms with Crippen molar-refractivity contribution in [2.75, 3.05) is 5.75 Å². The second-order valence-electron chi connectivity index (χ2n) is 3.82. The van der Waals surface area contributed by atoms with Gasteiger partial charge in [-0.05, 0) is 24.7 Å². The summed E-state index contributed by atoms with van der Waals surface area (Å²) in [5.74, 6) is 0.914. The van der Waals surface area contributed by atoms with Gasteiger partial charge < -0.3 is 0 Å². The number of nitrogens with zero attached hydrogens (tertiary/aromatic N) is 1. The number of hydrogen-bond acceptors (Lipinski definition) is 4. The van der Waals surface area contributed by atoms with E-state index in [1.165, 1.54) is 18.2 Å². The molecule has 0 aliphatic carbocycles. The Morgan fingerprint density at radius 2 is 2.24 bits per heavy atom. The highest BCUT2D eigenvalue weighted by atomic mass is 35.5. The van der Waals surface area contributed by atoms with Gasteiger partial charge in [-0.2, -0.15) is 11.8 Å². The van der Waals surface area contributed by atoms with Gasteiger partial charge >= 0.3 is 0 Å². The first-order valence-electron chi connectivity index (χ1n) is 5.19. The fourth-order valence-electron chi connectivity index (χ4n) is 1.79. The molecule has 0 bridgehead atoms. The molecule has 1 aromatic rings. The molecule has 0 aromatic heterocycles. The minimum atomic E-state index is -0.537. The monoisotopic (exact) mass is 271 g/mol. The maximum absolute atomic E-state index is 12.1. The molecule has 0 radical (unpaired) electrons. The lowest BCUT2D eigenvalue weighted by Gasteiger charge is -2.07. The maximum atomic E-state index is 12.1. The van der Waals surface area contributed by atoms with Crippen LogP contribution in [0.4, 0.5) is 5.69 Å². The third-order valence-electron chi connectivity index (χ3n) is 2.60. The molecular formula is C11H10ClNO3S. The largest absolute Gasteiger partial charge is 0.293 e. The zero-order valence-corrected chi connectivity index (χ0v) is 10.5. The quantitative estimate of drug-likeness (QED) is 0.481. The van der Waals surface area contributed by atoms with E-state index in [0.717, 1.165) is 18.6 Å². The van der Waals surface area contributed by atoms with Crippen molar-refractivity contribution in [3.63, 3.8) is 0 Å². The van der Waals surface area contributed by atoms with Crippen molar-refractivity contribution in [3.05, 3.63) is 38.9 Å². The van der Waals surface area contributed by atoms with Gasteiger partial charge in [0.05, 0.1) is 10.2 Å². The molecule has 1 heterocycles. The first kappa shape index (κ1) is 12.4. The summed E-state index contributed by atoms with van der Waals surface area (Å²) in [5, 5.41) is 10.8. The van der Waals surface area contributed by atoms with Crippen molar-refractivity contribution in [2.24, 2.45) is 0 Å². The second kappa shape index (κ2) is 5.06. The van der Waals surface area contributed by atoms with Gasteiger partial charge in [0, 0.05) is 22.7 Å². The summed E-state index contributed by atoms with van der Waals surface area (Å²) in [6.07, 6.45) is 1.85. The van der Waals surface area contributed by atoms with Gasteiger partial charge in [-0.15, -0.1) is 0 Å². The Balaban J connectivity index is 2.31. The first-order valence-corrected chi connectivity index (χ1v) is 6.61. The van der Waals surface area contributed by atoms with E-state index in [1.807, 2.05) is 0 Å². The zero-order chi connectivity index (χ0) is 12.4. The molecule has 17 heavy (non-hydrogen) atoms. The number of carbonyl (C=O) groups excluding carboxylic acids is 1. The van der Waals surface area contributed by atoms with Crippen molar-refractivity contribution in [1.29, 1.82) is 0 Å². The zero-order valence-electron chi connectivity index (χ0n) is 8.89. The van der Waals surface area contributed by atoms with Gasteiger partial charge in [0.25, 0.3) is 5.69 Å². The van der Waals surface area contributed by atoms with E-state index in [4.69, 9.17) is 11.6 Å². The van der Waals surface area contributed by atoms with Crippen LogP contribution >= 0.6 is 23.4 Å². The molecule has 1 aromatic carbocycles. The van der Waals surface area contributed by atoms with Crippen LogP contribution in [0.25, 0.3) is 0 Å². The third-order valence-corrected chi connectivity index (χ3v) is 4.19.